The molecular formula is C16H16ClN3OS. The van der Waals surface area contributed by atoms with E-state index in [9.17, 15) is 5.11 Å². The summed E-state index contributed by atoms with van der Waals surface area (Å²) in [7, 11) is 0. The average Bonchev–Trinajstić information content (AvgIpc) is 3.17. The van der Waals surface area contributed by atoms with Crippen LogP contribution in [0.15, 0.2) is 48.5 Å². The molecule has 0 aliphatic heterocycles. The van der Waals surface area contributed by atoms with Crippen molar-refractivity contribution in [3.63, 3.8) is 0 Å². The fourth-order valence-corrected chi connectivity index (χ4v) is 3.21. The van der Waals surface area contributed by atoms with E-state index in [1.54, 1.807) is 6.07 Å². The van der Waals surface area contributed by atoms with Crippen molar-refractivity contribution in [2.45, 2.75) is 12.6 Å². The molecule has 0 spiro atoms. The van der Waals surface area contributed by atoms with E-state index in [1.807, 2.05) is 42.5 Å². The third kappa shape index (κ3) is 3.75. The van der Waals surface area contributed by atoms with E-state index < -0.39 is 6.10 Å². The second-order valence-corrected chi connectivity index (χ2v) is 6.68. The Balaban J connectivity index is 1.53. The average molecular weight is 334 g/mol. The summed E-state index contributed by atoms with van der Waals surface area (Å²) in [4.78, 5) is 0.868. The molecule has 1 atom stereocenters. The predicted octanol–water partition coefficient (Wildman–Crippen LogP) is 3.61. The van der Waals surface area contributed by atoms with E-state index in [4.69, 9.17) is 11.6 Å². The highest BCUT2D eigenvalue weighted by molar-refractivity contribution is 7.16. The number of benzene rings is 1. The van der Waals surface area contributed by atoms with Gasteiger partial charge in [0.25, 0.3) is 0 Å². The highest BCUT2D eigenvalue weighted by Crippen LogP contribution is 2.26. The predicted molar refractivity (Wildman–Crippen MR) is 90.0 cm³/mol. The smallest absolute Gasteiger partial charge is 0.101 e. The molecule has 1 aromatic carbocycles. The van der Waals surface area contributed by atoms with Crippen molar-refractivity contribution in [1.82, 2.24) is 15.5 Å². The van der Waals surface area contributed by atoms with E-state index in [-0.39, 0.29) is 0 Å². The molecule has 3 N–H and O–H groups in total. The third-order valence-corrected chi connectivity index (χ3v) is 4.61. The molecule has 0 saturated carbocycles. The van der Waals surface area contributed by atoms with Gasteiger partial charge in [-0.25, -0.2) is 0 Å². The van der Waals surface area contributed by atoms with Gasteiger partial charge in [-0.2, -0.15) is 5.10 Å². The zero-order chi connectivity index (χ0) is 15.4. The van der Waals surface area contributed by atoms with Gasteiger partial charge in [0.1, 0.15) is 6.10 Å². The second-order valence-electron chi connectivity index (χ2n) is 4.93. The van der Waals surface area contributed by atoms with Gasteiger partial charge in [-0.3, -0.25) is 5.10 Å². The lowest BCUT2D eigenvalue weighted by molar-refractivity contribution is 0.178. The van der Waals surface area contributed by atoms with Crippen LogP contribution in [-0.4, -0.2) is 21.8 Å². The Morgan fingerprint density at radius 2 is 2.05 bits per heavy atom. The first kappa shape index (κ1) is 15.2. The highest BCUT2D eigenvalue weighted by Gasteiger charge is 2.10. The third-order valence-electron chi connectivity index (χ3n) is 3.28. The van der Waals surface area contributed by atoms with Crippen LogP contribution in [0.5, 0.6) is 0 Å². The number of aromatic amines is 1. The number of nitrogens with zero attached hydrogens (tertiary/aromatic N) is 1. The van der Waals surface area contributed by atoms with Gasteiger partial charge in [-0.05, 0) is 18.2 Å². The van der Waals surface area contributed by atoms with Crippen LogP contribution in [0.25, 0.3) is 11.3 Å². The Kier molecular flexibility index (Phi) is 4.90. The Labute approximate surface area is 137 Å². The summed E-state index contributed by atoms with van der Waals surface area (Å²) in [5, 5.41) is 20.6. The van der Waals surface area contributed by atoms with Gasteiger partial charge >= 0.3 is 0 Å². The van der Waals surface area contributed by atoms with Gasteiger partial charge < -0.3 is 10.4 Å². The monoisotopic (exact) mass is 333 g/mol. The van der Waals surface area contributed by atoms with Crippen molar-refractivity contribution >= 4 is 22.9 Å². The van der Waals surface area contributed by atoms with Crippen molar-refractivity contribution in [1.29, 1.82) is 0 Å². The summed E-state index contributed by atoms with van der Waals surface area (Å²) >= 11 is 7.27. The summed E-state index contributed by atoms with van der Waals surface area (Å²) in [6, 6.07) is 15.7. The summed E-state index contributed by atoms with van der Waals surface area (Å²) in [5.74, 6) is 0. The van der Waals surface area contributed by atoms with Crippen LogP contribution in [0.1, 0.15) is 16.7 Å². The molecule has 22 heavy (non-hydrogen) atoms. The molecule has 0 bridgehead atoms. The maximum Gasteiger partial charge on any atom is 0.101 e. The number of H-pyrrole nitrogens is 1. The molecule has 2 aromatic heterocycles. The topological polar surface area (TPSA) is 60.9 Å². The van der Waals surface area contributed by atoms with Crippen LogP contribution in [0.4, 0.5) is 0 Å². The quantitative estimate of drug-likeness (QED) is 0.645. The first-order valence-electron chi connectivity index (χ1n) is 6.96. The zero-order valence-electron chi connectivity index (χ0n) is 11.8. The molecule has 0 fully saturated rings. The molecule has 4 nitrogen and oxygen atoms in total. The SMILES string of the molecule is OC(CNCc1cc(-c2ccccc2)n[nH]1)c1ccc(Cl)s1. The maximum absolute atomic E-state index is 10.1. The summed E-state index contributed by atoms with van der Waals surface area (Å²) in [6.45, 7) is 1.09. The maximum atomic E-state index is 10.1. The fourth-order valence-electron chi connectivity index (χ4n) is 2.16. The standard InChI is InChI=1S/C16H16ClN3OS/c17-16-7-6-15(22-16)14(21)10-18-9-12-8-13(20-19-12)11-4-2-1-3-5-11/h1-8,14,18,21H,9-10H2,(H,19,20). The molecule has 6 heteroatoms. The number of hydrogen-bond acceptors (Lipinski definition) is 4. The molecule has 0 aliphatic rings. The van der Waals surface area contributed by atoms with Gasteiger partial charge in [0, 0.05) is 29.2 Å². The van der Waals surface area contributed by atoms with Gasteiger partial charge in [0.05, 0.1) is 10.0 Å². The molecular weight excluding hydrogens is 318 g/mol. The number of hydrogen-bond donors (Lipinski definition) is 3. The minimum Gasteiger partial charge on any atom is -0.386 e. The van der Waals surface area contributed by atoms with Gasteiger partial charge in [-0.15, -0.1) is 11.3 Å². The minimum atomic E-state index is -0.547. The molecule has 0 aliphatic carbocycles. The van der Waals surface area contributed by atoms with E-state index >= 15 is 0 Å². The number of thiophene rings is 1. The largest absolute Gasteiger partial charge is 0.386 e. The molecule has 3 rings (SSSR count). The number of aliphatic hydroxyl groups excluding tert-OH is 1. The van der Waals surface area contributed by atoms with Crippen LogP contribution in [0.3, 0.4) is 0 Å². The van der Waals surface area contributed by atoms with Crippen molar-refractivity contribution < 1.29 is 5.11 Å². The summed E-state index contributed by atoms with van der Waals surface area (Å²) in [5.41, 5.74) is 2.98. The highest BCUT2D eigenvalue weighted by atomic mass is 35.5. The van der Waals surface area contributed by atoms with Crippen LogP contribution in [0, 0.1) is 0 Å². The van der Waals surface area contributed by atoms with Crippen LogP contribution in [-0.2, 0) is 6.54 Å². The summed E-state index contributed by atoms with van der Waals surface area (Å²) in [6.07, 6.45) is -0.547. The van der Waals surface area contributed by atoms with Crippen LogP contribution >= 0.6 is 22.9 Å². The lowest BCUT2D eigenvalue weighted by atomic mass is 10.1. The lowest BCUT2D eigenvalue weighted by Gasteiger charge is -2.09. The van der Waals surface area contributed by atoms with E-state index in [2.05, 4.69) is 15.5 Å². The molecule has 0 amide bonds. The Hall–Kier alpha value is -1.66. The molecule has 2 heterocycles. The lowest BCUT2D eigenvalue weighted by Crippen LogP contribution is -2.20. The molecule has 0 saturated heterocycles. The van der Waals surface area contributed by atoms with Crippen molar-refractivity contribution in [3.05, 3.63) is 63.4 Å². The molecule has 114 valence electrons. The van der Waals surface area contributed by atoms with Gasteiger partial charge in [0.15, 0.2) is 0 Å². The normalized spacial score (nSPS) is 12.5. The molecule has 1 unspecified atom stereocenters. The Morgan fingerprint density at radius 3 is 2.77 bits per heavy atom. The molecule has 3 aromatic rings. The second kappa shape index (κ2) is 7.07. The number of nitrogens with one attached hydrogen (secondary N) is 2. The van der Waals surface area contributed by atoms with Crippen LogP contribution in [0.2, 0.25) is 4.34 Å². The van der Waals surface area contributed by atoms with E-state index in [0.29, 0.717) is 17.4 Å². The zero-order valence-corrected chi connectivity index (χ0v) is 13.4. The first-order chi connectivity index (χ1) is 10.7. The van der Waals surface area contributed by atoms with Gasteiger partial charge in [-0.1, -0.05) is 41.9 Å². The number of rotatable bonds is 6. The van der Waals surface area contributed by atoms with E-state index in [0.717, 1.165) is 21.8 Å². The van der Waals surface area contributed by atoms with E-state index in [1.165, 1.54) is 11.3 Å². The van der Waals surface area contributed by atoms with Crippen LogP contribution < -0.4 is 5.32 Å². The minimum absolute atomic E-state index is 0.469. The summed E-state index contributed by atoms with van der Waals surface area (Å²) < 4.78 is 0.690. The fraction of sp³-hybridized carbons (Fsp3) is 0.188. The molecule has 0 radical (unpaired) electrons. The first-order valence-corrected chi connectivity index (χ1v) is 8.15. The van der Waals surface area contributed by atoms with Crippen molar-refractivity contribution in [2.24, 2.45) is 0 Å². The number of aromatic nitrogens is 2. The Morgan fingerprint density at radius 1 is 1.23 bits per heavy atom. The van der Waals surface area contributed by atoms with Gasteiger partial charge in [0.2, 0.25) is 0 Å². The number of halogens is 1. The van der Waals surface area contributed by atoms with Crippen molar-refractivity contribution in [3.8, 4) is 11.3 Å². The van der Waals surface area contributed by atoms with Crippen molar-refractivity contribution in [2.75, 3.05) is 6.54 Å². The Bertz CT molecular complexity index is 726. The number of aliphatic hydroxyl groups is 1.